The molecule has 0 amide bonds. The summed E-state index contributed by atoms with van der Waals surface area (Å²) in [5, 5.41) is 0. The van der Waals surface area contributed by atoms with Crippen LogP contribution in [0.5, 0.6) is 0 Å². The quantitative estimate of drug-likeness (QED) is 0.633. The maximum absolute atomic E-state index is 13.1. The molecule has 3 nitrogen and oxygen atoms in total. The van der Waals surface area contributed by atoms with Gasteiger partial charge < -0.3 is 9.31 Å². The van der Waals surface area contributed by atoms with Crippen LogP contribution in [0.4, 0.5) is 0 Å². The van der Waals surface area contributed by atoms with Gasteiger partial charge in [0.25, 0.3) is 0 Å². The maximum Gasteiger partial charge on any atom is 0.486 e. The molecular formula is C24H35BO3. The van der Waals surface area contributed by atoms with Gasteiger partial charge in [-0.2, -0.15) is 0 Å². The molecule has 0 aromatic carbocycles. The van der Waals surface area contributed by atoms with Crippen molar-refractivity contribution < 1.29 is 14.1 Å². The highest BCUT2D eigenvalue weighted by Crippen LogP contribution is 2.69. The minimum Gasteiger partial charge on any atom is -0.400 e. The highest BCUT2D eigenvalue weighted by atomic mass is 16.7. The van der Waals surface area contributed by atoms with Crippen LogP contribution in [0.1, 0.15) is 73.1 Å². The summed E-state index contributed by atoms with van der Waals surface area (Å²) in [5.74, 6) is 5.40. The van der Waals surface area contributed by atoms with Crippen LogP contribution in [0.2, 0.25) is 0 Å². The number of hydrogen-bond donors (Lipinski definition) is 0. The zero-order valence-corrected chi connectivity index (χ0v) is 18.2. The first-order chi connectivity index (χ1) is 13.0. The van der Waals surface area contributed by atoms with E-state index >= 15 is 0 Å². The molecule has 4 atom stereocenters. The van der Waals surface area contributed by atoms with Crippen LogP contribution >= 0.6 is 0 Å². The Morgan fingerprint density at radius 1 is 1.04 bits per heavy atom. The van der Waals surface area contributed by atoms with E-state index in [4.69, 9.17) is 9.31 Å². The second-order valence-corrected chi connectivity index (χ2v) is 11.7. The van der Waals surface area contributed by atoms with Crippen molar-refractivity contribution in [2.45, 2.75) is 84.3 Å². The summed E-state index contributed by atoms with van der Waals surface area (Å²) >= 11 is 0. The molecular weight excluding hydrogens is 347 g/mol. The normalized spacial score (nSPS) is 47.9. The molecule has 1 spiro atoms. The maximum atomic E-state index is 13.1. The van der Waals surface area contributed by atoms with E-state index in [0.717, 1.165) is 24.2 Å². The van der Waals surface area contributed by atoms with Gasteiger partial charge in [-0.3, -0.25) is 4.79 Å². The smallest absolute Gasteiger partial charge is 0.400 e. The first kappa shape index (κ1) is 19.1. The van der Waals surface area contributed by atoms with Crippen LogP contribution in [0.15, 0.2) is 24.2 Å². The average molecular weight is 382 g/mol. The van der Waals surface area contributed by atoms with Crippen molar-refractivity contribution in [3.8, 4) is 0 Å². The minimum atomic E-state index is -0.324. The Morgan fingerprint density at radius 2 is 1.64 bits per heavy atom. The molecule has 6 aliphatic rings. The van der Waals surface area contributed by atoms with Crippen molar-refractivity contribution in [3.63, 3.8) is 0 Å². The van der Waals surface area contributed by atoms with E-state index in [2.05, 4.69) is 46.8 Å². The van der Waals surface area contributed by atoms with Crippen LogP contribution in [-0.4, -0.2) is 24.1 Å². The Labute approximate surface area is 170 Å². The largest absolute Gasteiger partial charge is 0.486 e. The molecule has 5 fully saturated rings. The fraction of sp³-hybridized carbons (Fsp3) is 0.792. The predicted molar refractivity (Wildman–Crippen MR) is 112 cm³/mol. The Morgan fingerprint density at radius 3 is 2.25 bits per heavy atom. The molecule has 0 aromatic heterocycles. The predicted octanol–water partition coefficient (Wildman–Crippen LogP) is 5.15. The van der Waals surface area contributed by atoms with Crippen LogP contribution < -0.4 is 0 Å². The molecule has 1 aliphatic heterocycles. The average Bonchev–Trinajstić information content (AvgIpc) is 2.77. The Kier molecular flexibility index (Phi) is 3.99. The van der Waals surface area contributed by atoms with Gasteiger partial charge in [-0.05, 0) is 101 Å². The van der Waals surface area contributed by atoms with Gasteiger partial charge in [-0.1, -0.05) is 25.1 Å². The minimum absolute atomic E-state index is 0.285. The van der Waals surface area contributed by atoms with Crippen molar-refractivity contribution in [2.24, 2.45) is 34.5 Å². The lowest BCUT2D eigenvalue weighted by molar-refractivity contribution is -0.157. The van der Waals surface area contributed by atoms with Gasteiger partial charge in [0.1, 0.15) is 0 Å². The molecule has 4 heteroatoms. The van der Waals surface area contributed by atoms with E-state index < -0.39 is 0 Å². The molecule has 5 aliphatic carbocycles. The summed E-state index contributed by atoms with van der Waals surface area (Å²) in [4.78, 5) is 13.1. The first-order valence-corrected chi connectivity index (χ1v) is 11.3. The van der Waals surface area contributed by atoms with E-state index in [1.165, 1.54) is 32.1 Å². The summed E-state index contributed by atoms with van der Waals surface area (Å²) in [5.41, 5.74) is -0.635. The molecule has 1 saturated heterocycles. The van der Waals surface area contributed by atoms with E-state index in [0.29, 0.717) is 11.7 Å². The van der Waals surface area contributed by atoms with E-state index in [1.807, 2.05) is 12.1 Å². The summed E-state index contributed by atoms with van der Waals surface area (Å²) in [6, 6.07) is 0. The van der Waals surface area contributed by atoms with Crippen molar-refractivity contribution in [1.82, 2.24) is 0 Å². The third-order valence-electron chi connectivity index (χ3n) is 9.29. The number of ketones is 1. The molecule has 0 aromatic rings. The number of rotatable bonds is 3. The van der Waals surface area contributed by atoms with E-state index in [9.17, 15) is 4.79 Å². The SMILES string of the molecule is CC1(C)OB(/C=C/C[C@]2(C)C(=O)C=CC34CC5CC(CC(C5)[C@H]32)C4)OC1(C)C. The van der Waals surface area contributed by atoms with Gasteiger partial charge >= 0.3 is 7.12 Å². The monoisotopic (exact) mass is 382 g/mol. The molecule has 4 saturated carbocycles. The highest BCUT2D eigenvalue weighted by molar-refractivity contribution is 6.51. The molecule has 0 N–H and O–H groups in total. The Bertz CT molecular complexity index is 721. The first-order valence-electron chi connectivity index (χ1n) is 11.3. The zero-order chi connectivity index (χ0) is 19.9. The lowest BCUT2D eigenvalue weighted by atomic mass is 9.38. The topological polar surface area (TPSA) is 35.5 Å². The Balaban J connectivity index is 1.38. The second-order valence-electron chi connectivity index (χ2n) is 11.7. The molecule has 28 heavy (non-hydrogen) atoms. The fourth-order valence-electron chi connectivity index (χ4n) is 7.70. The van der Waals surface area contributed by atoms with Gasteiger partial charge in [0.05, 0.1) is 11.2 Å². The number of carbonyl (C=O) groups is 1. The van der Waals surface area contributed by atoms with E-state index in [1.54, 1.807) is 0 Å². The summed E-state index contributed by atoms with van der Waals surface area (Å²) in [6.07, 6.45) is 14.0. The van der Waals surface area contributed by atoms with Crippen molar-refractivity contribution in [2.75, 3.05) is 0 Å². The van der Waals surface area contributed by atoms with Crippen molar-refractivity contribution in [1.29, 1.82) is 0 Å². The number of allylic oxidation sites excluding steroid dienone is 3. The lowest BCUT2D eigenvalue weighted by Crippen LogP contribution is -2.60. The summed E-state index contributed by atoms with van der Waals surface area (Å²) in [7, 11) is -0.324. The number of carbonyl (C=O) groups excluding carboxylic acids is 1. The zero-order valence-electron chi connectivity index (χ0n) is 18.2. The van der Waals surface area contributed by atoms with Gasteiger partial charge in [0, 0.05) is 5.41 Å². The second kappa shape index (κ2) is 5.85. The van der Waals surface area contributed by atoms with Gasteiger partial charge in [-0.25, -0.2) is 0 Å². The molecule has 0 radical (unpaired) electrons. The third-order valence-corrected chi connectivity index (χ3v) is 9.29. The van der Waals surface area contributed by atoms with Crippen molar-refractivity contribution in [3.05, 3.63) is 24.2 Å². The van der Waals surface area contributed by atoms with Crippen LogP contribution in [0, 0.1) is 34.5 Å². The van der Waals surface area contributed by atoms with Crippen LogP contribution in [-0.2, 0) is 14.1 Å². The number of hydrogen-bond acceptors (Lipinski definition) is 3. The summed E-state index contributed by atoms with van der Waals surface area (Å²) in [6.45, 7) is 10.6. The molecule has 152 valence electrons. The van der Waals surface area contributed by atoms with Gasteiger partial charge in [0.2, 0.25) is 0 Å². The molecule has 4 bridgehead atoms. The van der Waals surface area contributed by atoms with Crippen LogP contribution in [0.3, 0.4) is 0 Å². The summed E-state index contributed by atoms with van der Waals surface area (Å²) < 4.78 is 12.2. The fourth-order valence-corrected chi connectivity index (χ4v) is 7.70. The van der Waals surface area contributed by atoms with Gasteiger partial charge in [-0.15, -0.1) is 0 Å². The standard InChI is InChI=1S/C24H35BO3/c1-21(2)22(3,4)28-25(27-21)10-6-8-23(5)19(26)7-9-24-14-16-11-17(15-24)13-18(12-16)20(23)24/h6-7,9-10,16-18,20H,8,11-15H2,1-5H3/b10-6+/t16?,17?,18?,20-,23+,24?/m0/s1. The van der Waals surface area contributed by atoms with Crippen LogP contribution in [0.25, 0.3) is 0 Å². The Hall–Kier alpha value is -0.865. The highest BCUT2D eigenvalue weighted by Gasteiger charge is 2.63. The molecule has 2 unspecified atom stereocenters. The van der Waals surface area contributed by atoms with E-state index in [-0.39, 0.29) is 29.2 Å². The lowest BCUT2D eigenvalue weighted by Gasteiger charge is -2.65. The van der Waals surface area contributed by atoms with Gasteiger partial charge in [0.15, 0.2) is 5.78 Å². The molecule has 6 rings (SSSR count). The molecule has 1 heterocycles. The third kappa shape index (κ3) is 2.59. The van der Waals surface area contributed by atoms with Crippen molar-refractivity contribution >= 4 is 12.9 Å².